The van der Waals surface area contributed by atoms with Crippen molar-refractivity contribution in [3.63, 3.8) is 0 Å². The summed E-state index contributed by atoms with van der Waals surface area (Å²) in [6.07, 6.45) is 2.53. The second kappa shape index (κ2) is 8.85. The molecule has 1 rings (SSSR count). The number of amides is 1. The molecule has 0 aliphatic rings. The van der Waals surface area contributed by atoms with Gasteiger partial charge in [0.15, 0.2) is 0 Å². The van der Waals surface area contributed by atoms with Crippen molar-refractivity contribution in [1.82, 2.24) is 14.8 Å². The third-order valence-electron chi connectivity index (χ3n) is 3.13. The Morgan fingerprint density at radius 3 is 2.57 bits per heavy atom. The molecule has 1 amide bonds. The topological polar surface area (TPSA) is 48.5 Å². The van der Waals surface area contributed by atoms with Crippen LogP contribution in [0.3, 0.4) is 0 Å². The lowest BCUT2D eigenvalue weighted by Gasteiger charge is -2.22. The average molecular weight is 313 g/mol. The molecule has 0 unspecified atom stereocenters. The van der Waals surface area contributed by atoms with Crippen molar-refractivity contribution in [1.29, 1.82) is 0 Å². The molecule has 1 N–H and O–H groups in total. The number of anilines is 1. The molecule has 0 spiro atoms. The first kappa shape index (κ1) is 17.7. The number of aromatic nitrogens is 1. The van der Waals surface area contributed by atoms with E-state index in [9.17, 15) is 4.79 Å². The number of carbonyl (C=O) groups excluding carboxylic acids is 1. The lowest BCUT2D eigenvalue weighted by Crippen LogP contribution is -2.33. The first-order chi connectivity index (χ1) is 9.99. The van der Waals surface area contributed by atoms with E-state index in [0.29, 0.717) is 22.9 Å². The summed E-state index contributed by atoms with van der Waals surface area (Å²) >= 11 is 6.14. The van der Waals surface area contributed by atoms with Gasteiger partial charge in [-0.25, -0.2) is 4.98 Å². The highest BCUT2D eigenvalue weighted by Crippen LogP contribution is 2.20. The van der Waals surface area contributed by atoms with Crippen molar-refractivity contribution in [3.05, 3.63) is 22.8 Å². The van der Waals surface area contributed by atoms with Crippen LogP contribution < -0.4 is 5.32 Å². The number of nitrogens with one attached hydrogen (secondary N) is 1. The van der Waals surface area contributed by atoms with Gasteiger partial charge in [-0.2, -0.15) is 0 Å². The van der Waals surface area contributed by atoms with Gasteiger partial charge in [-0.15, -0.1) is 0 Å². The van der Waals surface area contributed by atoms with Crippen molar-refractivity contribution in [2.75, 3.05) is 45.6 Å². The van der Waals surface area contributed by atoms with Gasteiger partial charge in [-0.3, -0.25) is 4.79 Å². The van der Waals surface area contributed by atoms with Crippen LogP contribution in [0.2, 0.25) is 5.02 Å². The van der Waals surface area contributed by atoms with Crippen LogP contribution >= 0.6 is 11.6 Å². The highest BCUT2D eigenvalue weighted by Gasteiger charge is 2.16. The van der Waals surface area contributed by atoms with Crippen molar-refractivity contribution in [2.24, 2.45) is 0 Å². The maximum absolute atomic E-state index is 12.5. The van der Waals surface area contributed by atoms with E-state index in [1.165, 1.54) is 0 Å². The van der Waals surface area contributed by atoms with Gasteiger partial charge in [0.25, 0.3) is 5.91 Å². The zero-order valence-corrected chi connectivity index (χ0v) is 14.1. The highest BCUT2D eigenvalue weighted by molar-refractivity contribution is 6.33. The van der Waals surface area contributed by atoms with Crippen LogP contribution in [0.1, 0.15) is 30.6 Å². The molecule has 5 nitrogen and oxygen atoms in total. The Balaban J connectivity index is 2.73. The number of hydrogen-bond donors (Lipinski definition) is 1. The lowest BCUT2D eigenvalue weighted by atomic mass is 10.2. The zero-order valence-electron chi connectivity index (χ0n) is 13.3. The monoisotopic (exact) mass is 312 g/mol. The van der Waals surface area contributed by atoms with E-state index in [-0.39, 0.29) is 5.91 Å². The molecule has 0 saturated carbocycles. The standard InChI is InChI=1S/C15H25ClN4O/c1-5-17-14-13(16)10-12(11-18-14)15(21)20(6-2)9-7-8-19(3)4/h10-11H,5-9H2,1-4H3,(H,17,18). The van der Waals surface area contributed by atoms with Crippen LogP contribution in [0.5, 0.6) is 0 Å². The van der Waals surface area contributed by atoms with E-state index in [0.717, 1.165) is 26.1 Å². The molecule has 0 aromatic carbocycles. The number of hydrogen-bond acceptors (Lipinski definition) is 4. The largest absolute Gasteiger partial charge is 0.369 e. The summed E-state index contributed by atoms with van der Waals surface area (Å²) in [6, 6.07) is 1.68. The molecule has 0 atom stereocenters. The minimum atomic E-state index is -0.0197. The fourth-order valence-electron chi connectivity index (χ4n) is 2.02. The van der Waals surface area contributed by atoms with Gasteiger partial charge in [0, 0.05) is 25.8 Å². The predicted octanol–water partition coefficient (Wildman–Crippen LogP) is 2.58. The Morgan fingerprint density at radius 1 is 1.33 bits per heavy atom. The summed E-state index contributed by atoms with van der Waals surface area (Å²) in [5.74, 6) is 0.597. The fourth-order valence-corrected chi connectivity index (χ4v) is 2.25. The summed E-state index contributed by atoms with van der Waals surface area (Å²) in [6.45, 7) is 7.07. The quantitative estimate of drug-likeness (QED) is 0.801. The van der Waals surface area contributed by atoms with E-state index in [1.807, 2.05) is 32.8 Å². The number of halogens is 1. The van der Waals surface area contributed by atoms with E-state index >= 15 is 0 Å². The molecular formula is C15H25ClN4O. The van der Waals surface area contributed by atoms with Crippen molar-refractivity contribution >= 4 is 23.3 Å². The van der Waals surface area contributed by atoms with Crippen molar-refractivity contribution < 1.29 is 4.79 Å². The normalized spacial score (nSPS) is 10.8. The average Bonchev–Trinajstić information content (AvgIpc) is 2.45. The van der Waals surface area contributed by atoms with Gasteiger partial charge < -0.3 is 15.1 Å². The second-order valence-corrected chi connectivity index (χ2v) is 5.53. The van der Waals surface area contributed by atoms with Crippen molar-refractivity contribution in [3.8, 4) is 0 Å². The van der Waals surface area contributed by atoms with Crippen LogP contribution in [-0.4, -0.2) is 61.0 Å². The van der Waals surface area contributed by atoms with E-state index in [4.69, 9.17) is 11.6 Å². The summed E-state index contributed by atoms with van der Waals surface area (Å²) in [5.41, 5.74) is 0.536. The lowest BCUT2D eigenvalue weighted by molar-refractivity contribution is 0.0759. The molecule has 1 aromatic rings. The van der Waals surface area contributed by atoms with Crippen LogP contribution in [0, 0.1) is 0 Å². The van der Waals surface area contributed by atoms with Crippen LogP contribution in [-0.2, 0) is 0 Å². The Labute approximate surface area is 132 Å². The Morgan fingerprint density at radius 2 is 2.05 bits per heavy atom. The molecule has 118 valence electrons. The van der Waals surface area contributed by atoms with Gasteiger partial charge in [-0.1, -0.05) is 11.6 Å². The number of nitrogens with zero attached hydrogens (tertiary/aromatic N) is 3. The molecule has 0 fully saturated rings. The molecule has 0 aliphatic carbocycles. The Bertz CT molecular complexity index is 465. The predicted molar refractivity (Wildman–Crippen MR) is 88.2 cm³/mol. The minimum Gasteiger partial charge on any atom is -0.369 e. The molecule has 0 bridgehead atoms. The Kier molecular flexibility index (Phi) is 7.47. The van der Waals surface area contributed by atoms with Crippen LogP contribution in [0.25, 0.3) is 0 Å². The van der Waals surface area contributed by atoms with E-state index in [1.54, 1.807) is 12.3 Å². The highest BCUT2D eigenvalue weighted by atomic mass is 35.5. The molecular weight excluding hydrogens is 288 g/mol. The first-order valence-corrected chi connectivity index (χ1v) is 7.70. The van der Waals surface area contributed by atoms with Gasteiger partial charge in [0.2, 0.25) is 0 Å². The summed E-state index contributed by atoms with van der Waals surface area (Å²) in [5, 5.41) is 3.54. The summed E-state index contributed by atoms with van der Waals surface area (Å²) < 4.78 is 0. The first-order valence-electron chi connectivity index (χ1n) is 7.33. The molecule has 6 heteroatoms. The maximum Gasteiger partial charge on any atom is 0.255 e. The smallest absolute Gasteiger partial charge is 0.255 e. The molecule has 1 aromatic heterocycles. The van der Waals surface area contributed by atoms with E-state index < -0.39 is 0 Å². The van der Waals surface area contributed by atoms with Gasteiger partial charge in [0.1, 0.15) is 5.82 Å². The minimum absolute atomic E-state index is 0.0197. The summed E-state index contributed by atoms with van der Waals surface area (Å²) in [7, 11) is 4.06. The van der Waals surface area contributed by atoms with Gasteiger partial charge in [-0.05, 0) is 47.0 Å². The number of pyridine rings is 1. The zero-order chi connectivity index (χ0) is 15.8. The third kappa shape index (κ3) is 5.52. The maximum atomic E-state index is 12.5. The number of carbonyl (C=O) groups is 1. The second-order valence-electron chi connectivity index (χ2n) is 5.13. The molecule has 21 heavy (non-hydrogen) atoms. The molecule has 0 radical (unpaired) electrons. The molecule has 0 aliphatic heterocycles. The van der Waals surface area contributed by atoms with Crippen LogP contribution in [0.4, 0.5) is 5.82 Å². The third-order valence-corrected chi connectivity index (χ3v) is 3.42. The molecule has 0 saturated heterocycles. The van der Waals surface area contributed by atoms with Crippen LogP contribution in [0.15, 0.2) is 12.3 Å². The number of rotatable bonds is 8. The fraction of sp³-hybridized carbons (Fsp3) is 0.600. The van der Waals surface area contributed by atoms with Gasteiger partial charge >= 0.3 is 0 Å². The molecule has 1 heterocycles. The van der Waals surface area contributed by atoms with E-state index in [2.05, 4.69) is 15.2 Å². The van der Waals surface area contributed by atoms with Crippen molar-refractivity contribution in [2.45, 2.75) is 20.3 Å². The Hall–Kier alpha value is -1.33. The summed E-state index contributed by atoms with van der Waals surface area (Å²) in [4.78, 5) is 20.6. The van der Waals surface area contributed by atoms with Gasteiger partial charge in [0.05, 0.1) is 10.6 Å². The SMILES string of the molecule is CCNc1ncc(C(=O)N(CC)CCCN(C)C)cc1Cl.